The molecule has 0 fully saturated rings. The number of amides is 1. The number of quaternary nitrogens is 1. The van der Waals surface area contributed by atoms with Crippen molar-refractivity contribution in [3.05, 3.63) is 0 Å². The Bertz CT molecular complexity index is 532. The summed E-state index contributed by atoms with van der Waals surface area (Å²) in [5.41, 5.74) is 5.17. The van der Waals surface area contributed by atoms with Crippen LogP contribution in [0.1, 0.15) is 26.2 Å². The van der Waals surface area contributed by atoms with E-state index >= 15 is 0 Å². The van der Waals surface area contributed by atoms with Crippen molar-refractivity contribution < 1.29 is 49.2 Å². The Morgan fingerprint density at radius 1 is 1.07 bits per heavy atom. The highest BCUT2D eigenvalue weighted by Gasteiger charge is 2.25. The summed E-state index contributed by atoms with van der Waals surface area (Å²) in [5, 5.41) is 47.4. The highest BCUT2D eigenvalue weighted by atomic mass is 16.4. The van der Waals surface area contributed by atoms with Gasteiger partial charge in [-0.15, -0.1) is 0 Å². The number of hydrogen-bond donors (Lipinski definition) is 6. The number of carbonyl (C=O) groups excluding carboxylic acids is 2. The molecule has 164 valence electrons. The minimum Gasteiger partial charge on any atom is -0.550 e. The maximum absolute atomic E-state index is 11.3. The molecular formula is C16H31N3O9. The van der Waals surface area contributed by atoms with Gasteiger partial charge in [0.1, 0.15) is 18.7 Å². The fraction of sp³-hybridized carbons (Fsp3) is 0.750. The number of nitrogens with two attached hydrogens (primary N) is 1. The predicted octanol–water partition coefficient (Wildman–Crippen LogP) is -3.68. The minimum absolute atomic E-state index is 0.104. The van der Waals surface area contributed by atoms with E-state index in [4.69, 9.17) is 26.2 Å². The van der Waals surface area contributed by atoms with E-state index in [-0.39, 0.29) is 19.3 Å². The number of aliphatic carboxylic acids is 3. The number of carboxylic acids is 3. The monoisotopic (exact) mass is 409 g/mol. The highest BCUT2D eigenvalue weighted by Crippen LogP contribution is 1.99. The first-order valence-corrected chi connectivity index (χ1v) is 8.43. The molecule has 7 N–H and O–H groups in total. The van der Waals surface area contributed by atoms with Crippen LogP contribution in [0.2, 0.25) is 0 Å². The van der Waals surface area contributed by atoms with Crippen LogP contribution in [0.3, 0.4) is 0 Å². The second-order valence-electron chi connectivity index (χ2n) is 7.31. The van der Waals surface area contributed by atoms with Gasteiger partial charge in [-0.3, -0.25) is 9.59 Å². The summed E-state index contributed by atoms with van der Waals surface area (Å²) in [6.07, 6.45) is -2.66. The van der Waals surface area contributed by atoms with E-state index in [1.54, 1.807) is 0 Å². The fourth-order valence-corrected chi connectivity index (χ4v) is 1.93. The first kappa shape index (κ1) is 27.9. The maximum atomic E-state index is 11.3. The molecule has 0 rings (SSSR count). The Morgan fingerprint density at radius 3 is 1.89 bits per heavy atom. The number of likely N-dealkylation sites (N-methyl/N-ethyl adjacent to an activating group) is 1. The van der Waals surface area contributed by atoms with Crippen LogP contribution < -0.4 is 16.2 Å². The molecule has 0 heterocycles. The smallest absolute Gasteiger partial charge is 0.328 e. The molecule has 0 radical (unpaired) electrons. The Labute approximate surface area is 163 Å². The second-order valence-corrected chi connectivity index (χ2v) is 7.31. The van der Waals surface area contributed by atoms with Crippen molar-refractivity contribution in [1.29, 1.82) is 0 Å². The van der Waals surface area contributed by atoms with E-state index in [0.717, 1.165) is 0 Å². The quantitative estimate of drug-likeness (QED) is 0.184. The van der Waals surface area contributed by atoms with Gasteiger partial charge < -0.3 is 45.9 Å². The molecule has 0 saturated carbocycles. The third-order valence-corrected chi connectivity index (χ3v) is 3.23. The predicted molar refractivity (Wildman–Crippen MR) is 94.6 cm³/mol. The Morgan fingerprint density at radius 2 is 1.57 bits per heavy atom. The van der Waals surface area contributed by atoms with Crippen molar-refractivity contribution in [2.45, 2.75) is 50.5 Å². The van der Waals surface area contributed by atoms with Crippen LogP contribution >= 0.6 is 0 Å². The summed E-state index contributed by atoms with van der Waals surface area (Å²) < 4.78 is 0.550. The third-order valence-electron chi connectivity index (χ3n) is 3.23. The average Bonchev–Trinajstić information content (AvgIpc) is 2.47. The summed E-state index contributed by atoms with van der Waals surface area (Å²) in [6.45, 7) is 1.65. The normalized spacial score (nSPS) is 15.2. The number of nitrogens with one attached hydrogen (secondary N) is 1. The molecule has 0 aromatic rings. The molecule has 28 heavy (non-hydrogen) atoms. The Hall–Kier alpha value is -2.28. The van der Waals surface area contributed by atoms with Crippen LogP contribution in [0.5, 0.6) is 0 Å². The number of nitrogens with zero attached hydrogens (tertiary/aromatic N) is 1. The lowest BCUT2D eigenvalue weighted by Crippen LogP contribution is -2.48. The number of aliphatic hydroxyl groups is 2. The zero-order chi connectivity index (χ0) is 22.7. The molecule has 0 aliphatic carbocycles. The van der Waals surface area contributed by atoms with Gasteiger partial charge in [0.2, 0.25) is 5.91 Å². The zero-order valence-corrected chi connectivity index (χ0v) is 16.5. The van der Waals surface area contributed by atoms with E-state index < -0.39 is 48.1 Å². The number of aliphatic hydroxyl groups excluding tert-OH is 2. The molecule has 1 amide bonds. The van der Waals surface area contributed by atoms with Gasteiger partial charge in [0.15, 0.2) is 6.04 Å². The highest BCUT2D eigenvalue weighted by molar-refractivity contribution is 5.84. The van der Waals surface area contributed by atoms with Gasteiger partial charge in [0.25, 0.3) is 0 Å². The maximum Gasteiger partial charge on any atom is 0.328 e. The van der Waals surface area contributed by atoms with Gasteiger partial charge in [-0.2, -0.15) is 0 Å². The lowest BCUT2D eigenvalue weighted by atomic mass is 10.1. The topological polar surface area (TPSA) is 210 Å². The summed E-state index contributed by atoms with van der Waals surface area (Å²) in [7, 11) is 5.66. The molecule has 12 heteroatoms. The molecule has 0 bridgehead atoms. The van der Waals surface area contributed by atoms with Crippen molar-refractivity contribution in [2.75, 3.05) is 27.7 Å². The molecule has 0 aromatic carbocycles. The van der Waals surface area contributed by atoms with E-state index in [1.165, 1.54) is 6.92 Å². The number of hydrogen-bond acceptors (Lipinski definition) is 8. The molecule has 0 aromatic heterocycles. The lowest BCUT2D eigenvalue weighted by molar-refractivity contribution is -0.873. The summed E-state index contributed by atoms with van der Waals surface area (Å²) in [6, 6.07) is -2.58. The largest absolute Gasteiger partial charge is 0.550 e. The van der Waals surface area contributed by atoms with Crippen LogP contribution in [-0.2, 0) is 19.2 Å². The van der Waals surface area contributed by atoms with Crippen LogP contribution in [0.25, 0.3) is 0 Å². The van der Waals surface area contributed by atoms with Crippen molar-refractivity contribution in [2.24, 2.45) is 5.73 Å². The van der Waals surface area contributed by atoms with Gasteiger partial charge in [0, 0.05) is 18.8 Å². The van der Waals surface area contributed by atoms with Gasteiger partial charge in [0.05, 0.1) is 27.2 Å². The molecule has 4 unspecified atom stereocenters. The number of carbonyl (C=O) groups is 4. The van der Waals surface area contributed by atoms with Gasteiger partial charge >= 0.3 is 11.9 Å². The molecular weight excluding hydrogens is 378 g/mol. The lowest BCUT2D eigenvalue weighted by Gasteiger charge is -2.26. The third kappa shape index (κ3) is 15.9. The molecule has 0 spiro atoms. The summed E-state index contributed by atoms with van der Waals surface area (Å²) in [4.78, 5) is 42.3. The van der Waals surface area contributed by atoms with Crippen molar-refractivity contribution >= 4 is 23.8 Å². The Kier molecular flexibility index (Phi) is 13.0. The Balaban J connectivity index is 0. The van der Waals surface area contributed by atoms with Crippen LogP contribution in [0, 0.1) is 0 Å². The van der Waals surface area contributed by atoms with E-state index in [9.17, 15) is 24.3 Å². The van der Waals surface area contributed by atoms with E-state index in [0.29, 0.717) is 11.0 Å². The van der Waals surface area contributed by atoms with Gasteiger partial charge in [-0.05, 0) is 13.3 Å². The number of rotatable bonds is 11. The first-order chi connectivity index (χ1) is 12.6. The van der Waals surface area contributed by atoms with Crippen LogP contribution in [0.4, 0.5) is 0 Å². The molecule has 0 aliphatic heterocycles. The van der Waals surface area contributed by atoms with Gasteiger partial charge in [-0.1, -0.05) is 0 Å². The van der Waals surface area contributed by atoms with Crippen LogP contribution in [0.15, 0.2) is 0 Å². The van der Waals surface area contributed by atoms with Crippen molar-refractivity contribution in [3.8, 4) is 0 Å². The summed E-state index contributed by atoms with van der Waals surface area (Å²) in [5.74, 6) is -4.47. The second kappa shape index (κ2) is 13.0. The van der Waals surface area contributed by atoms with Crippen molar-refractivity contribution in [3.63, 3.8) is 0 Å². The standard InChI is InChI=1S/C9H16N2O6.C7H15NO3/c1-4(12)7(9(16)17)11-6(13)3-2-5(10)8(14)15;1-8(2,3)5-6(9)4-7(10)11/h4-5,7,12H,2-3,10H2,1H3,(H,11,13)(H,14,15)(H,16,17);6,9H,4-5H2,1-3H3. The van der Waals surface area contributed by atoms with Crippen molar-refractivity contribution in [1.82, 2.24) is 5.32 Å². The molecule has 12 nitrogen and oxygen atoms in total. The average molecular weight is 409 g/mol. The van der Waals surface area contributed by atoms with Gasteiger partial charge in [-0.25, -0.2) is 4.79 Å². The van der Waals surface area contributed by atoms with Crippen LogP contribution in [-0.4, -0.2) is 101 Å². The molecule has 0 saturated heterocycles. The number of carboxylic acid groups (broad SMARTS) is 3. The fourth-order valence-electron chi connectivity index (χ4n) is 1.93. The summed E-state index contributed by atoms with van der Waals surface area (Å²) >= 11 is 0. The SMILES string of the molecule is CC(O)C(NC(=O)CCC(N)C(=O)O)C(=O)O.C[N+](C)(C)CC(O)CC(=O)[O-]. The zero-order valence-electron chi connectivity index (χ0n) is 16.5. The minimum atomic E-state index is -1.41. The van der Waals surface area contributed by atoms with E-state index in [2.05, 4.69) is 5.32 Å². The molecule has 4 atom stereocenters. The van der Waals surface area contributed by atoms with E-state index in [1.807, 2.05) is 21.1 Å². The molecule has 0 aliphatic rings. The first-order valence-electron chi connectivity index (χ1n) is 8.43.